The van der Waals surface area contributed by atoms with Crippen LogP contribution < -0.4 is 10.0 Å². The van der Waals surface area contributed by atoms with Gasteiger partial charge < -0.3 is 5.32 Å². The third kappa shape index (κ3) is 4.53. The van der Waals surface area contributed by atoms with Gasteiger partial charge in [0, 0.05) is 12.1 Å². The first kappa shape index (κ1) is 17.9. The molecule has 2 N–H and O–H groups in total. The van der Waals surface area contributed by atoms with Crippen LogP contribution >= 0.6 is 0 Å². The summed E-state index contributed by atoms with van der Waals surface area (Å²) in [6, 6.07) is 15.3. The van der Waals surface area contributed by atoms with Gasteiger partial charge in [-0.2, -0.15) is 0 Å². The second-order valence-electron chi connectivity index (χ2n) is 5.27. The van der Waals surface area contributed by atoms with E-state index in [1.54, 1.807) is 12.1 Å². The van der Waals surface area contributed by atoms with Crippen molar-refractivity contribution in [2.75, 3.05) is 6.54 Å². The van der Waals surface area contributed by atoms with Crippen LogP contribution in [-0.2, 0) is 10.0 Å². The van der Waals surface area contributed by atoms with Crippen molar-refractivity contribution >= 4 is 15.9 Å². The fourth-order valence-electron chi connectivity index (χ4n) is 2.16. The SMILES string of the molecule is C=CCNS(=O)(=O)c1cccc(C(=O)N[C@H](C)c2ccccc2)c1. The Morgan fingerprint density at radius 1 is 1.17 bits per heavy atom. The van der Waals surface area contributed by atoms with Crippen molar-refractivity contribution in [3.05, 3.63) is 78.4 Å². The van der Waals surface area contributed by atoms with Crippen LogP contribution in [0.4, 0.5) is 0 Å². The molecule has 24 heavy (non-hydrogen) atoms. The molecule has 0 saturated carbocycles. The topological polar surface area (TPSA) is 75.3 Å². The first-order valence-electron chi connectivity index (χ1n) is 7.50. The smallest absolute Gasteiger partial charge is 0.251 e. The van der Waals surface area contributed by atoms with Crippen molar-refractivity contribution in [1.29, 1.82) is 0 Å². The van der Waals surface area contributed by atoms with Gasteiger partial charge >= 0.3 is 0 Å². The van der Waals surface area contributed by atoms with Gasteiger partial charge in [-0.1, -0.05) is 42.5 Å². The predicted molar refractivity (Wildman–Crippen MR) is 94.2 cm³/mol. The van der Waals surface area contributed by atoms with Crippen LogP contribution in [0.5, 0.6) is 0 Å². The molecule has 1 atom stereocenters. The number of carbonyl (C=O) groups is 1. The molecule has 6 heteroatoms. The summed E-state index contributed by atoms with van der Waals surface area (Å²) in [5.41, 5.74) is 1.27. The Balaban J connectivity index is 2.16. The van der Waals surface area contributed by atoms with Crippen molar-refractivity contribution < 1.29 is 13.2 Å². The van der Waals surface area contributed by atoms with Crippen LogP contribution in [0.2, 0.25) is 0 Å². The minimum absolute atomic E-state index is 0.0457. The molecule has 0 heterocycles. The van der Waals surface area contributed by atoms with E-state index in [0.717, 1.165) is 5.56 Å². The van der Waals surface area contributed by atoms with Gasteiger partial charge in [0.05, 0.1) is 10.9 Å². The van der Waals surface area contributed by atoms with Crippen LogP contribution in [0.15, 0.2) is 72.1 Å². The van der Waals surface area contributed by atoms with Crippen molar-refractivity contribution in [2.24, 2.45) is 0 Å². The summed E-state index contributed by atoms with van der Waals surface area (Å²) in [6.45, 7) is 5.48. The summed E-state index contributed by atoms with van der Waals surface area (Å²) in [6.07, 6.45) is 1.45. The number of hydrogen-bond donors (Lipinski definition) is 2. The predicted octanol–water partition coefficient (Wildman–Crippen LogP) is 2.64. The molecule has 5 nitrogen and oxygen atoms in total. The highest BCUT2D eigenvalue weighted by Crippen LogP contribution is 2.15. The molecule has 0 fully saturated rings. The molecule has 0 spiro atoms. The van der Waals surface area contributed by atoms with Crippen molar-refractivity contribution in [3.8, 4) is 0 Å². The lowest BCUT2D eigenvalue weighted by Gasteiger charge is -2.14. The lowest BCUT2D eigenvalue weighted by Crippen LogP contribution is -2.27. The van der Waals surface area contributed by atoms with E-state index in [-0.39, 0.29) is 23.4 Å². The molecule has 1 amide bonds. The van der Waals surface area contributed by atoms with Crippen molar-refractivity contribution in [2.45, 2.75) is 17.9 Å². The van der Waals surface area contributed by atoms with Crippen LogP contribution in [0.3, 0.4) is 0 Å². The summed E-state index contributed by atoms with van der Waals surface area (Å²) >= 11 is 0. The number of nitrogens with one attached hydrogen (secondary N) is 2. The molecular formula is C18H20N2O3S. The first-order chi connectivity index (χ1) is 11.4. The van der Waals surface area contributed by atoms with Gasteiger partial charge in [0.15, 0.2) is 0 Å². The van der Waals surface area contributed by atoms with Gasteiger partial charge in [0.2, 0.25) is 10.0 Å². The molecule has 2 rings (SSSR count). The second kappa shape index (κ2) is 7.90. The fraction of sp³-hybridized carbons (Fsp3) is 0.167. The molecule has 0 aromatic heterocycles. The molecule has 0 saturated heterocycles. The zero-order chi connectivity index (χ0) is 17.6. The van der Waals surface area contributed by atoms with Gasteiger partial charge in [-0.15, -0.1) is 6.58 Å². The highest BCUT2D eigenvalue weighted by molar-refractivity contribution is 7.89. The third-order valence-corrected chi connectivity index (χ3v) is 4.89. The van der Waals surface area contributed by atoms with Crippen LogP contribution in [0.25, 0.3) is 0 Å². The standard InChI is InChI=1S/C18H20N2O3S/c1-3-12-19-24(22,23)17-11-7-10-16(13-17)18(21)20-14(2)15-8-5-4-6-9-15/h3-11,13-14,19H,1,12H2,2H3,(H,20,21)/t14-/m1/s1. The zero-order valence-electron chi connectivity index (χ0n) is 13.4. The molecule has 0 aliphatic rings. The first-order valence-corrected chi connectivity index (χ1v) is 8.99. The number of amides is 1. The van der Waals surface area contributed by atoms with E-state index in [2.05, 4.69) is 16.6 Å². The van der Waals surface area contributed by atoms with E-state index in [9.17, 15) is 13.2 Å². The van der Waals surface area contributed by atoms with E-state index < -0.39 is 10.0 Å². The minimum Gasteiger partial charge on any atom is -0.346 e. The monoisotopic (exact) mass is 344 g/mol. The quantitative estimate of drug-likeness (QED) is 0.758. The highest BCUT2D eigenvalue weighted by atomic mass is 32.2. The number of carbonyl (C=O) groups excluding carboxylic acids is 1. The fourth-order valence-corrected chi connectivity index (χ4v) is 3.21. The number of rotatable bonds is 7. The van der Waals surface area contributed by atoms with Gasteiger partial charge in [0.1, 0.15) is 0 Å². The summed E-state index contributed by atoms with van der Waals surface area (Å²) in [4.78, 5) is 12.4. The summed E-state index contributed by atoms with van der Waals surface area (Å²) in [5, 5.41) is 2.86. The van der Waals surface area contributed by atoms with E-state index in [0.29, 0.717) is 5.56 Å². The maximum atomic E-state index is 12.4. The Kier molecular flexibility index (Phi) is 5.89. The average Bonchev–Trinajstić information content (AvgIpc) is 2.61. The van der Waals surface area contributed by atoms with Gasteiger partial charge in [-0.3, -0.25) is 4.79 Å². The molecule has 0 unspecified atom stereocenters. The van der Waals surface area contributed by atoms with Crippen LogP contribution in [0.1, 0.15) is 28.9 Å². The van der Waals surface area contributed by atoms with E-state index in [1.807, 2.05) is 37.3 Å². The second-order valence-corrected chi connectivity index (χ2v) is 7.04. The van der Waals surface area contributed by atoms with E-state index in [1.165, 1.54) is 18.2 Å². The molecule has 126 valence electrons. The third-order valence-electron chi connectivity index (χ3n) is 3.47. The number of sulfonamides is 1. The maximum absolute atomic E-state index is 12.4. The number of hydrogen-bond acceptors (Lipinski definition) is 3. The highest BCUT2D eigenvalue weighted by Gasteiger charge is 2.16. The summed E-state index contributed by atoms with van der Waals surface area (Å²) in [7, 11) is -3.66. The Morgan fingerprint density at radius 3 is 2.54 bits per heavy atom. The molecule has 2 aromatic carbocycles. The van der Waals surface area contributed by atoms with Crippen LogP contribution in [0, 0.1) is 0 Å². The largest absolute Gasteiger partial charge is 0.346 e. The van der Waals surface area contributed by atoms with E-state index in [4.69, 9.17) is 0 Å². The van der Waals surface area contributed by atoms with Gasteiger partial charge in [-0.05, 0) is 30.7 Å². The van der Waals surface area contributed by atoms with Gasteiger partial charge in [-0.25, -0.2) is 13.1 Å². The van der Waals surface area contributed by atoms with Crippen molar-refractivity contribution in [1.82, 2.24) is 10.0 Å². The van der Waals surface area contributed by atoms with Gasteiger partial charge in [0.25, 0.3) is 5.91 Å². The molecule has 0 aliphatic carbocycles. The minimum atomic E-state index is -3.66. The molecule has 2 aromatic rings. The van der Waals surface area contributed by atoms with Crippen LogP contribution in [-0.4, -0.2) is 20.9 Å². The normalized spacial score (nSPS) is 12.4. The molecule has 0 radical (unpaired) electrons. The average molecular weight is 344 g/mol. The molecular weight excluding hydrogens is 324 g/mol. The molecule has 0 aliphatic heterocycles. The Morgan fingerprint density at radius 2 is 1.88 bits per heavy atom. The zero-order valence-corrected chi connectivity index (χ0v) is 14.2. The van der Waals surface area contributed by atoms with Crippen molar-refractivity contribution in [3.63, 3.8) is 0 Å². The summed E-state index contributed by atoms with van der Waals surface area (Å²) in [5.74, 6) is -0.327. The Hall–Kier alpha value is -2.44. The molecule has 0 bridgehead atoms. The Labute approximate surface area is 142 Å². The lowest BCUT2D eigenvalue weighted by molar-refractivity contribution is 0.0939. The maximum Gasteiger partial charge on any atom is 0.251 e. The number of benzene rings is 2. The summed E-state index contributed by atoms with van der Waals surface area (Å²) < 4.78 is 26.6. The Bertz CT molecular complexity index is 817. The lowest BCUT2D eigenvalue weighted by atomic mass is 10.1. The van der Waals surface area contributed by atoms with E-state index >= 15 is 0 Å².